The number of aryl methyl sites for hydroxylation is 1. The van der Waals surface area contributed by atoms with E-state index in [4.69, 9.17) is 11.1 Å². The second-order valence-corrected chi connectivity index (χ2v) is 5.19. The molecule has 0 saturated carbocycles. The van der Waals surface area contributed by atoms with E-state index in [1.165, 1.54) is 0 Å². The number of nitrogens with two attached hydrogens (primary N) is 1. The van der Waals surface area contributed by atoms with Crippen molar-refractivity contribution in [1.82, 2.24) is 19.7 Å². The summed E-state index contributed by atoms with van der Waals surface area (Å²) in [6, 6.07) is 7.78. The quantitative estimate of drug-likeness (QED) is 0.598. The molecule has 0 aliphatic heterocycles. The maximum Gasteiger partial charge on any atom is 0.141 e. The van der Waals surface area contributed by atoms with Gasteiger partial charge in [-0.3, -0.25) is 10.3 Å². The lowest BCUT2D eigenvalue weighted by atomic mass is 10.1. The van der Waals surface area contributed by atoms with Gasteiger partial charge in [0.05, 0.1) is 6.54 Å². The Morgan fingerprint density at radius 2 is 2.19 bits per heavy atom. The van der Waals surface area contributed by atoms with E-state index < -0.39 is 0 Å². The number of hydrogen-bond acceptors (Lipinski definition) is 4. The van der Waals surface area contributed by atoms with Crippen molar-refractivity contribution in [3.63, 3.8) is 0 Å². The Morgan fingerprint density at radius 1 is 1.38 bits per heavy atom. The van der Waals surface area contributed by atoms with Crippen LogP contribution in [0.25, 0.3) is 0 Å². The van der Waals surface area contributed by atoms with Crippen molar-refractivity contribution >= 4 is 5.84 Å². The SMILES string of the molecule is CCCn1ncnc1CN(C)Cc1cccc(C(=N)N)c1. The van der Waals surface area contributed by atoms with Gasteiger partial charge in [0.2, 0.25) is 0 Å². The van der Waals surface area contributed by atoms with Gasteiger partial charge >= 0.3 is 0 Å². The van der Waals surface area contributed by atoms with E-state index in [1.54, 1.807) is 6.33 Å². The first-order valence-corrected chi connectivity index (χ1v) is 7.08. The van der Waals surface area contributed by atoms with E-state index in [2.05, 4.69) is 21.9 Å². The standard InChI is InChI=1S/C15H22N6/c1-3-7-21-14(18-11-19-21)10-20(2)9-12-5-4-6-13(8-12)15(16)17/h4-6,8,11H,3,7,9-10H2,1-2H3,(H3,16,17). The molecule has 0 unspecified atom stereocenters. The maximum absolute atomic E-state index is 7.49. The van der Waals surface area contributed by atoms with Gasteiger partial charge in [0.15, 0.2) is 0 Å². The van der Waals surface area contributed by atoms with Crippen molar-refractivity contribution in [2.45, 2.75) is 33.0 Å². The van der Waals surface area contributed by atoms with Gasteiger partial charge in [-0.05, 0) is 25.1 Å². The third-order valence-electron chi connectivity index (χ3n) is 3.23. The monoisotopic (exact) mass is 286 g/mol. The smallest absolute Gasteiger partial charge is 0.141 e. The van der Waals surface area contributed by atoms with Gasteiger partial charge in [0.25, 0.3) is 0 Å². The van der Waals surface area contributed by atoms with Crippen molar-refractivity contribution in [3.8, 4) is 0 Å². The zero-order chi connectivity index (χ0) is 15.2. The predicted octanol–water partition coefficient (Wildman–Crippen LogP) is 1.60. The van der Waals surface area contributed by atoms with E-state index in [1.807, 2.05) is 36.0 Å². The molecule has 6 nitrogen and oxygen atoms in total. The summed E-state index contributed by atoms with van der Waals surface area (Å²) in [6.45, 7) is 4.54. The number of hydrogen-bond donors (Lipinski definition) is 2. The van der Waals surface area contributed by atoms with Crippen LogP contribution in [0.1, 0.15) is 30.3 Å². The molecule has 0 amide bonds. The number of aromatic nitrogens is 3. The second kappa shape index (κ2) is 6.99. The van der Waals surface area contributed by atoms with Crippen LogP contribution in [0.3, 0.4) is 0 Å². The number of benzene rings is 1. The molecule has 0 aliphatic carbocycles. The number of rotatable bonds is 7. The van der Waals surface area contributed by atoms with Gasteiger partial charge < -0.3 is 5.73 Å². The van der Waals surface area contributed by atoms with Gasteiger partial charge in [-0.15, -0.1) is 0 Å². The topological polar surface area (TPSA) is 83.8 Å². The molecule has 1 heterocycles. The molecule has 0 radical (unpaired) electrons. The van der Waals surface area contributed by atoms with Gasteiger partial charge in [0.1, 0.15) is 18.0 Å². The third kappa shape index (κ3) is 4.13. The minimum absolute atomic E-state index is 0.0993. The summed E-state index contributed by atoms with van der Waals surface area (Å²) in [6.07, 6.45) is 2.65. The zero-order valence-corrected chi connectivity index (χ0v) is 12.6. The Labute approximate surface area is 125 Å². The Hall–Kier alpha value is -2.21. The molecular formula is C15H22N6. The fourth-order valence-corrected chi connectivity index (χ4v) is 2.26. The van der Waals surface area contributed by atoms with Crippen molar-refractivity contribution in [2.75, 3.05) is 7.05 Å². The van der Waals surface area contributed by atoms with Gasteiger partial charge in [-0.25, -0.2) is 9.67 Å². The molecule has 0 saturated heterocycles. The Bertz CT molecular complexity index is 604. The third-order valence-corrected chi connectivity index (χ3v) is 3.23. The molecule has 21 heavy (non-hydrogen) atoms. The van der Waals surface area contributed by atoms with E-state index in [-0.39, 0.29) is 5.84 Å². The molecule has 2 rings (SSSR count). The van der Waals surface area contributed by atoms with Gasteiger partial charge in [0, 0.05) is 18.7 Å². The summed E-state index contributed by atoms with van der Waals surface area (Å²) in [5.74, 6) is 1.07. The van der Waals surface area contributed by atoms with Crippen LogP contribution >= 0.6 is 0 Å². The molecule has 6 heteroatoms. The predicted molar refractivity (Wildman–Crippen MR) is 82.9 cm³/mol. The highest BCUT2D eigenvalue weighted by Crippen LogP contribution is 2.09. The molecule has 1 aromatic heterocycles. The molecular weight excluding hydrogens is 264 g/mol. The van der Waals surface area contributed by atoms with Gasteiger partial charge in [-0.2, -0.15) is 5.10 Å². The molecule has 0 fully saturated rings. The summed E-state index contributed by atoms with van der Waals surface area (Å²) in [7, 11) is 2.05. The van der Waals surface area contributed by atoms with E-state index in [9.17, 15) is 0 Å². The van der Waals surface area contributed by atoms with Crippen LogP contribution in [-0.4, -0.2) is 32.5 Å². The van der Waals surface area contributed by atoms with E-state index in [0.29, 0.717) is 0 Å². The zero-order valence-electron chi connectivity index (χ0n) is 12.6. The van der Waals surface area contributed by atoms with Gasteiger partial charge in [-0.1, -0.05) is 25.1 Å². The normalized spacial score (nSPS) is 11.0. The Kier molecular flexibility index (Phi) is 5.05. The van der Waals surface area contributed by atoms with Crippen LogP contribution in [-0.2, 0) is 19.6 Å². The van der Waals surface area contributed by atoms with Crippen molar-refractivity contribution < 1.29 is 0 Å². The summed E-state index contributed by atoms with van der Waals surface area (Å²) in [5.41, 5.74) is 7.41. The first kappa shape index (κ1) is 15.2. The number of amidine groups is 1. The van der Waals surface area contributed by atoms with Crippen LogP contribution in [0.4, 0.5) is 0 Å². The lowest BCUT2D eigenvalue weighted by Crippen LogP contribution is -2.21. The molecule has 0 spiro atoms. The lowest BCUT2D eigenvalue weighted by Gasteiger charge is -2.17. The number of nitrogens with zero attached hydrogens (tertiary/aromatic N) is 4. The van der Waals surface area contributed by atoms with Crippen LogP contribution in [0.15, 0.2) is 30.6 Å². The second-order valence-electron chi connectivity index (χ2n) is 5.19. The molecule has 0 bridgehead atoms. The van der Waals surface area contributed by atoms with Crippen LogP contribution in [0.2, 0.25) is 0 Å². The Balaban J connectivity index is 2.01. The first-order chi connectivity index (χ1) is 10.1. The fourth-order valence-electron chi connectivity index (χ4n) is 2.26. The highest BCUT2D eigenvalue weighted by Gasteiger charge is 2.08. The van der Waals surface area contributed by atoms with Crippen LogP contribution in [0.5, 0.6) is 0 Å². The summed E-state index contributed by atoms with van der Waals surface area (Å²) >= 11 is 0. The average Bonchev–Trinajstić information content (AvgIpc) is 2.86. The van der Waals surface area contributed by atoms with Crippen molar-refractivity contribution in [3.05, 3.63) is 47.5 Å². The van der Waals surface area contributed by atoms with Crippen LogP contribution < -0.4 is 5.73 Å². The first-order valence-electron chi connectivity index (χ1n) is 7.08. The van der Waals surface area contributed by atoms with E-state index in [0.717, 1.165) is 43.0 Å². The maximum atomic E-state index is 7.49. The number of nitrogen functional groups attached to an aromatic ring is 1. The Morgan fingerprint density at radius 3 is 2.90 bits per heavy atom. The van der Waals surface area contributed by atoms with Crippen molar-refractivity contribution in [1.29, 1.82) is 5.41 Å². The molecule has 1 aromatic carbocycles. The molecule has 0 aliphatic rings. The molecule has 0 atom stereocenters. The summed E-state index contributed by atoms with van der Waals surface area (Å²) < 4.78 is 1.95. The number of nitrogens with one attached hydrogen (secondary N) is 1. The highest BCUT2D eigenvalue weighted by molar-refractivity contribution is 5.95. The minimum atomic E-state index is 0.0993. The lowest BCUT2D eigenvalue weighted by molar-refractivity contribution is 0.302. The van der Waals surface area contributed by atoms with Crippen molar-refractivity contribution in [2.24, 2.45) is 5.73 Å². The molecule has 3 N–H and O–H groups in total. The largest absolute Gasteiger partial charge is 0.384 e. The van der Waals surface area contributed by atoms with Crippen LogP contribution in [0, 0.1) is 5.41 Å². The highest BCUT2D eigenvalue weighted by atomic mass is 15.3. The summed E-state index contributed by atoms with van der Waals surface area (Å²) in [5, 5.41) is 11.7. The minimum Gasteiger partial charge on any atom is -0.384 e. The molecule has 2 aromatic rings. The van der Waals surface area contributed by atoms with E-state index >= 15 is 0 Å². The summed E-state index contributed by atoms with van der Waals surface area (Å²) in [4.78, 5) is 6.49. The molecule has 112 valence electrons. The fraction of sp³-hybridized carbons (Fsp3) is 0.400. The average molecular weight is 286 g/mol.